The van der Waals surface area contributed by atoms with Crippen LogP contribution in [0.5, 0.6) is 0 Å². The fourth-order valence-corrected chi connectivity index (χ4v) is 4.12. The van der Waals surface area contributed by atoms with E-state index in [1.54, 1.807) is 0 Å². The van der Waals surface area contributed by atoms with Gasteiger partial charge in [0.1, 0.15) is 0 Å². The van der Waals surface area contributed by atoms with E-state index in [0.29, 0.717) is 30.8 Å². The molecule has 1 N–H and O–H groups in total. The minimum atomic E-state index is -1.12. The lowest BCUT2D eigenvalue weighted by Crippen LogP contribution is -2.33. The zero-order valence-corrected chi connectivity index (χ0v) is 15.4. The van der Waals surface area contributed by atoms with Crippen molar-refractivity contribution in [3.8, 4) is 0 Å². The lowest BCUT2D eigenvalue weighted by Gasteiger charge is -2.31. The van der Waals surface area contributed by atoms with Gasteiger partial charge in [0.05, 0.1) is 18.6 Å². The Morgan fingerprint density at radius 1 is 1.22 bits per heavy atom. The number of anilines is 1. The number of carbonyl (C=O) groups is 1. The molecule has 146 valence electrons. The van der Waals surface area contributed by atoms with Crippen LogP contribution < -0.4 is 5.32 Å². The molecule has 4 rings (SSSR count). The first-order valence-corrected chi connectivity index (χ1v) is 9.48. The van der Waals surface area contributed by atoms with Gasteiger partial charge in [-0.2, -0.15) is 4.39 Å². The van der Waals surface area contributed by atoms with Crippen LogP contribution >= 0.6 is 12.6 Å². The summed E-state index contributed by atoms with van der Waals surface area (Å²) < 4.78 is 44.5. The number of ether oxygens (including phenoxy) is 2. The Morgan fingerprint density at radius 2 is 1.96 bits per heavy atom. The molecule has 0 spiro atoms. The minimum Gasteiger partial charge on any atom is -0.364 e. The smallest absolute Gasteiger partial charge is 0.207 e. The SMILES string of the molecule is O=C(S)C[C@H]1CCCC[C@@H]1Nc1noc2c(F)c(F)c(C3OCCO3)cc12. The summed E-state index contributed by atoms with van der Waals surface area (Å²) >= 11 is 3.89. The van der Waals surface area contributed by atoms with Crippen molar-refractivity contribution in [2.24, 2.45) is 5.92 Å². The molecular formula is C18H20F2N2O4S. The molecular weight excluding hydrogens is 378 g/mol. The Hall–Kier alpha value is -1.71. The molecule has 2 aromatic rings. The fourth-order valence-electron chi connectivity index (χ4n) is 3.89. The van der Waals surface area contributed by atoms with Crippen LogP contribution in [-0.4, -0.2) is 29.5 Å². The van der Waals surface area contributed by atoms with Gasteiger partial charge in [-0.1, -0.05) is 18.0 Å². The normalized spacial score (nSPS) is 23.8. The monoisotopic (exact) mass is 398 g/mol. The summed E-state index contributed by atoms with van der Waals surface area (Å²) in [5, 5.41) is 7.32. The average molecular weight is 398 g/mol. The molecule has 2 atom stereocenters. The summed E-state index contributed by atoms with van der Waals surface area (Å²) in [6.45, 7) is 0.639. The van der Waals surface area contributed by atoms with E-state index in [1.807, 2.05) is 0 Å². The lowest BCUT2D eigenvalue weighted by atomic mass is 9.82. The maximum Gasteiger partial charge on any atom is 0.207 e. The van der Waals surface area contributed by atoms with E-state index in [4.69, 9.17) is 14.0 Å². The van der Waals surface area contributed by atoms with Crippen molar-refractivity contribution in [2.75, 3.05) is 18.5 Å². The van der Waals surface area contributed by atoms with Crippen LogP contribution in [-0.2, 0) is 14.3 Å². The van der Waals surface area contributed by atoms with Gasteiger partial charge in [-0.25, -0.2) is 4.39 Å². The number of rotatable bonds is 5. The van der Waals surface area contributed by atoms with Crippen LogP contribution in [0.4, 0.5) is 14.6 Å². The molecule has 1 aliphatic carbocycles. The molecule has 2 aliphatic rings. The maximum absolute atomic E-state index is 14.5. The zero-order valence-electron chi connectivity index (χ0n) is 14.5. The molecule has 2 heterocycles. The number of hydrogen-bond donors (Lipinski definition) is 2. The predicted octanol–water partition coefficient (Wildman–Crippen LogP) is 3.97. The van der Waals surface area contributed by atoms with Gasteiger partial charge in [-0.3, -0.25) is 4.79 Å². The first-order valence-electron chi connectivity index (χ1n) is 9.03. The van der Waals surface area contributed by atoms with Crippen molar-refractivity contribution in [1.82, 2.24) is 5.16 Å². The molecule has 0 amide bonds. The van der Waals surface area contributed by atoms with Crippen LogP contribution in [0.15, 0.2) is 10.6 Å². The molecule has 1 aromatic carbocycles. The van der Waals surface area contributed by atoms with Gasteiger partial charge in [0, 0.05) is 18.0 Å². The van der Waals surface area contributed by atoms with Gasteiger partial charge in [0.25, 0.3) is 0 Å². The molecule has 9 heteroatoms. The third-order valence-electron chi connectivity index (χ3n) is 5.22. The Labute approximate surface area is 160 Å². The Balaban J connectivity index is 1.66. The van der Waals surface area contributed by atoms with E-state index in [-0.39, 0.29) is 28.2 Å². The average Bonchev–Trinajstić information content (AvgIpc) is 3.29. The molecule has 1 saturated heterocycles. The van der Waals surface area contributed by atoms with Gasteiger partial charge in [-0.05, 0) is 24.8 Å². The highest BCUT2D eigenvalue weighted by molar-refractivity contribution is 7.96. The Bertz CT molecular complexity index is 853. The van der Waals surface area contributed by atoms with E-state index in [0.717, 1.165) is 25.7 Å². The van der Waals surface area contributed by atoms with E-state index in [2.05, 4.69) is 23.1 Å². The molecule has 6 nitrogen and oxygen atoms in total. The van der Waals surface area contributed by atoms with E-state index in [9.17, 15) is 13.6 Å². The number of nitrogens with zero attached hydrogens (tertiary/aromatic N) is 1. The number of benzene rings is 1. The predicted molar refractivity (Wildman–Crippen MR) is 96.5 cm³/mol. The highest BCUT2D eigenvalue weighted by atomic mass is 32.1. The topological polar surface area (TPSA) is 73.6 Å². The summed E-state index contributed by atoms with van der Waals surface area (Å²) in [6.07, 6.45) is 3.22. The van der Waals surface area contributed by atoms with Gasteiger partial charge in [0.2, 0.25) is 11.4 Å². The highest BCUT2D eigenvalue weighted by Crippen LogP contribution is 2.36. The van der Waals surface area contributed by atoms with Gasteiger partial charge < -0.3 is 19.3 Å². The molecule has 27 heavy (non-hydrogen) atoms. The van der Waals surface area contributed by atoms with Crippen LogP contribution in [0.2, 0.25) is 0 Å². The molecule has 0 bridgehead atoms. The van der Waals surface area contributed by atoms with E-state index < -0.39 is 17.9 Å². The number of halogens is 2. The van der Waals surface area contributed by atoms with Crippen LogP contribution in [0.25, 0.3) is 11.0 Å². The molecule has 1 saturated carbocycles. The van der Waals surface area contributed by atoms with Gasteiger partial charge in [0.15, 0.2) is 23.0 Å². The second-order valence-electron chi connectivity index (χ2n) is 6.97. The Morgan fingerprint density at radius 3 is 2.70 bits per heavy atom. The van der Waals surface area contributed by atoms with E-state index in [1.165, 1.54) is 6.07 Å². The molecule has 1 aromatic heterocycles. The highest BCUT2D eigenvalue weighted by Gasteiger charge is 2.31. The molecule has 2 fully saturated rings. The van der Waals surface area contributed by atoms with Crippen molar-refractivity contribution in [2.45, 2.75) is 44.4 Å². The molecule has 0 unspecified atom stereocenters. The lowest BCUT2D eigenvalue weighted by molar-refractivity contribution is -0.111. The quantitative estimate of drug-likeness (QED) is 0.743. The standard InChI is InChI=1S/C18H20F2N2O4S/c19-14-10(18-24-5-6-25-18)8-11-16(15(14)20)26-22-17(11)21-12-4-2-1-3-9(12)7-13(23)27/h8-9,12,18H,1-7H2,(H,21,22)(H,23,27)/t9-,12+/m1/s1. The number of aromatic nitrogens is 1. The van der Waals surface area contributed by atoms with Crippen molar-refractivity contribution in [3.63, 3.8) is 0 Å². The third kappa shape index (κ3) is 3.68. The second-order valence-corrected chi connectivity index (χ2v) is 7.47. The zero-order chi connectivity index (χ0) is 19.0. The summed E-state index contributed by atoms with van der Waals surface area (Å²) in [5.74, 6) is -1.74. The largest absolute Gasteiger partial charge is 0.364 e. The first-order chi connectivity index (χ1) is 13.0. The first kappa shape index (κ1) is 18.6. The summed E-state index contributed by atoms with van der Waals surface area (Å²) in [6, 6.07) is 1.43. The summed E-state index contributed by atoms with van der Waals surface area (Å²) in [7, 11) is 0. The van der Waals surface area contributed by atoms with Gasteiger partial charge in [-0.15, -0.1) is 12.6 Å². The van der Waals surface area contributed by atoms with Crippen molar-refractivity contribution < 1.29 is 27.6 Å². The van der Waals surface area contributed by atoms with Crippen molar-refractivity contribution >= 4 is 34.5 Å². The number of nitrogens with one attached hydrogen (secondary N) is 1. The number of carbonyl (C=O) groups excluding carboxylic acids is 1. The fraction of sp³-hybridized carbons (Fsp3) is 0.556. The molecule has 1 aliphatic heterocycles. The maximum atomic E-state index is 14.5. The number of hydrogen-bond acceptors (Lipinski definition) is 6. The van der Waals surface area contributed by atoms with Crippen LogP contribution in [0.1, 0.15) is 44.0 Å². The third-order valence-corrected chi connectivity index (χ3v) is 5.40. The number of fused-ring (bicyclic) bond motifs is 1. The Kier molecular flexibility index (Phi) is 5.34. The van der Waals surface area contributed by atoms with E-state index >= 15 is 0 Å². The van der Waals surface area contributed by atoms with Crippen LogP contribution in [0.3, 0.4) is 0 Å². The van der Waals surface area contributed by atoms with Crippen LogP contribution in [0, 0.1) is 17.6 Å². The van der Waals surface area contributed by atoms with Crippen molar-refractivity contribution in [1.29, 1.82) is 0 Å². The summed E-state index contributed by atoms with van der Waals surface area (Å²) in [5.41, 5.74) is -0.274. The number of thiol groups is 1. The minimum absolute atomic E-state index is 0.0151. The second kappa shape index (κ2) is 7.73. The van der Waals surface area contributed by atoms with Gasteiger partial charge >= 0.3 is 0 Å². The molecule has 0 radical (unpaired) electrons. The van der Waals surface area contributed by atoms with Crippen molar-refractivity contribution in [3.05, 3.63) is 23.3 Å². The summed E-state index contributed by atoms with van der Waals surface area (Å²) in [4.78, 5) is 11.4.